The minimum atomic E-state index is 0.0520. The van der Waals surface area contributed by atoms with Gasteiger partial charge in [0.1, 0.15) is 11.6 Å². The van der Waals surface area contributed by atoms with Gasteiger partial charge in [0.25, 0.3) is 5.91 Å². The molecular weight excluding hydrogens is 402 g/mol. The van der Waals surface area contributed by atoms with Crippen LogP contribution in [0.3, 0.4) is 0 Å². The van der Waals surface area contributed by atoms with Crippen LogP contribution in [0.1, 0.15) is 85.5 Å². The Kier molecular flexibility index (Phi) is 5.76. The lowest BCUT2D eigenvalue weighted by Crippen LogP contribution is -2.40. The van der Waals surface area contributed by atoms with Crippen LogP contribution in [-0.2, 0) is 13.0 Å². The first-order chi connectivity index (χ1) is 15.6. The number of piperidine rings is 1. The molecule has 8 nitrogen and oxygen atoms in total. The number of fused-ring (bicyclic) bond motifs is 1. The third-order valence-corrected chi connectivity index (χ3v) is 6.66. The van der Waals surface area contributed by atoms with E-state index in [2.05, 4.69) is 38.7 Å². The van der Waals surface area contributed by atoms with Crippen LogP contribution in [0.25, 0.3) is 5.82 Å². The quantitative estimate of drug-likeness (QED) is 0.626. The summed E-state index contributed by atoms with van der Waals surface area (Å²) in [5, 5.41) is 13.6. The zero-order valence-electron chi connectivity index (χ0n) is 18.9. The molecule has 8 heteroatoms. The van der Waals surface area contributed by atoms with Crippen molar-refractivity contribution in [2.75, 3.05) is 13.1 Å². The molecule has 5 heterocycles. The monoisotopic (exact) mass is 433 g/mol. The first-order valence-corrected chi connectivity index (χ1v) is 11.8. The van der Waals surface area contributed by atoms with E-state index in [-0.39, 0.29) is 17.7 Å². The van der Waals surface area contributed by atoms with Gasteiger partial charge in [-0.3, -0.25) is 4.79 Å². The fraction of sp³-hybridized carbons (Fsp3) is 0.542. The van der Waals surface area contributed by atoms with Crippen LogP contribution in [0.5, 0.6) is 0 Å². The van der Waals surface area contributed by atoms with Crippen molar-refractivity contribution in [2.45, 2.75) is 70.8 Å². The molecule has 0 saturated carbocycles. The molecular formula is C24H31N7O. The van der Waals surface area contributed by atoms with Crippen LogP contribution in [0.15, 0.2) is 30.6 Å². The van der Waals surface area contributed by atoms with Gasteiger partial charge in [0, 0.05) is 38.2 Å². The summed E-state index contributed by atoms with van der Waals surface area (Å²) < 4.78 is 4.13. The Hall–Kier alpha value is -3.03. The predicted octanol–water partition coefficient (Wildman–Crippen LogP) is 3.73. The topological polar surface area (TPSA) is 81.7 Å². The maximum absolute atomic E-state index is 13.6. The first kappa shape index (κ1) is 20.8. The number of aromatic nitrogens is 6. The number of pyridine rings is 1. The molecule has 32 heavy (non-hydrogen) atoms. The standard InChI is InChI=1S/C24H31N7O/c1-17(2)22-19(15-26-31(22)20-10-5-6-12-25-20)24(32)29-13-8-9-18(16-29)23-28-27-21-11-4-3-7-14-30(21)23/h5-6,10,12,15,17-18H,3-4,7-9,11,13-14,16H2,1-2H3. The third kappa shape index (κ3) is 3.82. The summed E-state index contributed by atoms with van der Waals surface area (Å²) in [7, 11) is 0. The Morgan fingerprint density at radius 2 is 2.00 bits per heavy atom. The number of aryl methyl sites for hydroxylation is 1. The molecule has 1 unspecified atom stereocenters. The lowest BCUT2D eigenvalue weighted by Gasteiger charge is -2.32. The van der Waals surface area contributed by atoms with E-state index < -0.39 is 0 Å². The molecule has 1 atom stereocenters. The van der Waals surface area contributed by atoms with Crippen molar-refractivity contribution >= 4 is 5.91 Å². The number of carbonyl (C=O) groups is 1. The Morgan fingerprint density at radius 1 is 1.09 bits per heavy atom. The van der Waals surface area contributed by atoms with Gasteiger partial charge >= 0.3 is 0 Å². The predicted molar refractivity (Wildman–Crippen MR) is 121 cm³/mol. The molecule has 1 fully saturated rings. The van der Waals surface area contributed by atoms with Crippen molar-refractivity contribution < 1.29 is 4.79 Å². The van der Waals surface area contributed by atoms with Gasteiger partial charge in [0.15, 0.2) is 5.82 Å². The summed E-state index contributed by atoms with van der Waals surface area (Å²) in [6.07, 6.45) is 10.1. The lowest BCUT2D eigenvalue weighted by molar-refractivity contribution is 0.0701. The Morgan fingerprint density at radius 3 is 2.81 bits per heavy atom. The minimum absolute atomic E-state index is 0.0520. The van der Waals surface area contributed by atoms with Gasteiger partial charge in [0.2, 0.25) is 0 Å². The summed E-state index contributed by atoms with van der Waals surface area (Å²) in [5.41, 5.74) is 1.58. The van der Waals surface area contributed by atoms with Crippen LogP contribution in [0, 0.1) is 0 Å². The number of likely N-dealkylation sites (tertiary alicyclic amines) is 1. The summed E-state index contributed by atoms with van der Waals surface area (Å²) in [6.45, 7) is 6.64. The minimum Gasteiger partial charge on any atom is -0.338 e. The van der Waals surface area contributed by atoms with E-state index in [9.17, 15) is 4.79 Å². The fourth-order valence-electron chi connectivity index (χ4n) is 5.09. The SMILES string of the molecule is CC(C)c1c(C(=O)N2CCCC(c3nnc4n3CCCCC4)C2)cnn1-c1ccccn1. The lowest BCUT2D eigenvalue weighted by atomic mass is 9.95. The largest absolute Gasteiger partial charge is 0.338 e. The van der Waals surface area contributed by atoms with Crippen LogP contribution >= 0.6 is 0 Å². The molecule has 5 rings (SSSR count). The number of carbonyl (C=O) groups excluding carboxylic acids is 1. The first-order valence-electron chi connectivity index (χ1n) is 11.8. The smallest absolute Gasteiger partial charge is 0.257 e. The van der Waals surface area contributed by atoms with E-state index >= 15 is 0 Å². The molecule has 3 aromatic rings. The van der Waals surface area contributed by atoms with Gasteiger partial charge in [-0.1, -0.05) is 26.3 Å². The van der Waals surface area contributed by atoms with E-state index in [0.29, 0.717) is 12.1 Å². The van der Waals surface area contributed by atoms with Gasteiger partial charge in [-0.25, -0.2) is 9.67 Å². The van der Waals surface area contributed by atoms with Crippen LogP contribution in [0.2, 0.25) is 0 Å². The van der Waals surface area contributed by atoms with Gasteiger partial charge in [-0.05, 0) is 43.7 Å². The Bertz CT molecular complexity index is 1090. The zero-order chi connectivity index (χ0) is 22.1. The molecule has 168 valence electrons. The maximum atomic E-state index is 13.6. The second kappa shape index (κ2) is 8.84. The molecule has 0 spiro atoms. The van der Waals surface area contributed by atoms with E-state index in [1.54, 1.807) is 17.1 Å². The summed E-state index contributed by atoms with van der Waals surface area (Å²) in [5.74, 6) is 3.34. The molecule has 0 radical (unpaired) electrons. The van der Waals surface area contributed by atoms with E-state index in [1.807, 2.05) is 23.1 Å². The molecule has 0 aliphatic carbocycles. The van der Waals surface area contributed by atoms with Crippen LogP contribution < -0.4 is 0 Å². The number of amides is 1. The van der Waals surface area contributed by atoms with E-state index in [4.69, 9.17) is 0 Å². The second-order valence-corrected chi connectivity index (χ2v) is 9.22. The Balaban J connectivity index is 1.41. The Labute approximate surface area is 188 Å². The molecule has 0 N–H and O–H groups in total. The number of hydrogen-bond acceptors (Lipinski definition) is 5. The number of nitrogens with zero attached hydrogens (tertiary/aromatic N) is 7. The molecule has 0 aromatic carbocycles. The highest BCUT2D eigenvalue weighted by Gasteiger charge is 2.32. The van der Waals surface area contributed by atoms with Crippen molar-refractivity contribution in [3.8, 4) is 5.82 Å². The van der Waals surface area contributed by atoms with Crippen molar-refractivity contribution in [3.05, 3.63) is 53.5 Å². The maximum Gasteiger partial charge on any atom is 0.257 e. The summed E-state index contributed by atoms with van der Waals surface area (Å²) >= 11 is 0. The van der Waals surface area contributed by atoms with Crippen LogP contribution in [-0.4, -0.2) is 53.4 Å². The van der Waals surface area contributed by atoms with Gasteiger partial charge in [-0.15, -0.1) is 10.2 Å². The van der Waals surface area contributed by atoms with E-state index in [0.717, 1.165) is 55.5 Å². The number of hydrogen-bond donors (Lipinski definition) is 0. The molecule has 2 aliphatic heterocycles. The van der Waals surface area contributed by atoms with Gasteiger partial charge in [-0.2, -0.15) is 5.10 Å². The average Bonchev–Trinajstić information content (AvgIpc) is 3.37. The normalized spacial score (nSPS) is 19.1. The van der Waals surface area contributed by atoms with Crippen molar-refractivity contribution in [3.63, 3.8) is 0 Å². The molecule has 1 saturated heterocycles. The van der Waals surface area contributed by atoms with Gasteiger partial charge in [0.05, 0.1) is 17.5 Å². The number of rotatable bonds is 4. The highest BCUT2D eigenvalue weighted by molar-refractivity contribution is 5.95. The van der Waals surface area contributed by atoms with Crippen LogP contribution in [0.4, 0.5) is 0 Å². The zero-order valence-corrected chi connectivity index (χ0v) is 18.9. The molecule has 1 amide bonds. The fourth-order valence-corrected chi connectivity index (χ4v) is 5.09. The second-order valence-electron chi connectivity index (χ2n) is 9.22. The third-order valence-electron chi connectivity index (χ3n) is 6.66. The summed E-state index contributed by atoms with van der Waals surface area (Å²) in [6, 6.07) is 5.74. The molecule has 2 aliphatic rings. The van der Waals surface area contributed by atoms with Crippen molar-refractivity contribution in [1.82, 2.24) is 34.4 Å². The molecule has 3 aromatic heterocycles. The van der Waals surface area contributed by atoms with E-state index in [1.165, 1.54) is 19.3 Å². The van der Waals surface area contributed by atoms with Crippen molar-refractivity contribution in [1.29, 1.82) is 0 Å². The summed E-state index contributed by atoms with van der Waals surface area (Å²) in [4.78, 5) is 20.1. The molecule has 0 bridgehead atoms. The highest BCUT2D eigenvalue weighted by atomic mass is 16.2. The van der Waals surface area contributed by atoms with Gasteiger partial charge < -0.3 is 9.47 Å². The van der Waals surface area contributed by atoms with Crippen molar-refractivity contribution in [2.24, 2.45) is 0 Å². The highest BCUT2D eigenvalue weighted by Crippen LogP contribution is 2.30. The average molecular weight is 434 g/mol.